The number of esters is 2. The van der Waals surface area contributed by atoms with E-state index in [0.29, 0.717) is 34.5 Å². The Morgan fingerprint density at radius 1 is 1.11 bits per heavy atom. The molecule has 1 heterocycles. The van der Waals surface area contributed by atoms with E-state index in [1.165, 1.54) is 23.1 Å². The van der Waals surface area contributed by atoms with Gasteiger partial charge in [-0.05, 0) is 38.1 Å². The highest BCUT2D eigenvalue weighted by Gasteiger charge is 2.11. The summed E-state index contributed by atoms with van der Waals surface area (Å²) < 4.78 is 10.5. The van der Waals surface area contributed by atoms with Gasteiger partial charge in [-0.15, -0.1) is 11.3 Å². The molecule has 1 amide bonds. The minimum absolute atomic E-state index is 0.129. The molecule has 1 aromatic heterocycles. The zero-order chi connectivity index (χ0) is 19.6. The number of hydrogen-bond donors (Lipinski definition) is 1. The Bertz CT molecular complexity index is 789. The number of rotatable bonds is 9. The van der Waals surface area contributed by atoms with Crippen molar-refractivity contribution in [3.63, 3.8) is 0 Å². The van der Waals surface area contributed by atoms with Gasteiger partial charge in [-0.25, -0.2) is 9.78 Å². The van der Waals surface area contributed by atoms with Crippen molar-refractivity contribution < 1.29 is 23.9 Å². The minimum Gasteiger partial charge on any atom is -0.466 e. The predicted octanol–water partition coefficient (Wildman–Crippen LogP) is 3.16. The summed E-state index contributed by atoms with van der Waals surface area (Å²) >= 11 is 2.67. The van der Waals surface area contributed by atoms with Crippen LogP contribution < -0.4 is 5.32 Å². The summed E-state index contributed by atoms with van der Waals surface area (Å²) in [5.41, 5.74) is 1.66. The van der Waals surface area contributed by atoms with Gasteiger partial charge >= 0.3 is 11.9 Å². The summed E-state index contributed by atoms with van der Waals surface area (Å²) in [6, 6.07) is 6.50. The molecule has 0 atom stereocenters. The molecular weight excluding hydrogens is 388 g/mol. The highest BCUT2D eigenvalue weighted by atomic mass is 32.2. The van der Waals surface area contributed by atoms with Crippen LogP contribution in [0, 0.1) is 0 Å². The molecule has 0 saturated carbocycles. The van der Waals surface area contributed by atoms with Crippen LogP contribution in [-0.4, -0.2) is 41.8 Å². The van der Waals surface area contributed by atoms with Crippen molar-refractivity contribution in [3.05, 3.63) is 40.9 Å². The smallest absolute Gasteiger partial charge is 0.338 e. The molecular formula is C18H20N2O5S2. The largest absolute Gasteiger partial charge is 0.466 e. The number of hydrogen-bond acceptors (Lipinski definition) is 8. The van der Waals surface area contributed by atoms with Crippen LogP contribution in [0.4, 0.5) is 5.69 Å². The minimum atomic E-state index is -0.395. The second-order valence-corrected chi connectivity index (χ2v) is 7.30. The lowest BCUT2D eigenvalue weighted by atomic mass is 10.2. The second-order valence-electron chi connectivity index (χ2n) is 5.22. The summed E-state index contributed by atoms with van der Waals surface area (Å²) in [5, 5.41) is 4.54. The van der Waals surface area contributed by atoms with Gasteiger partial charge in [-0.3, -0.25) is 9.59 Å². The van der Waals surface area contributed by atoms with Gasteiger partial charge in [0.05, 0.1) is 36.6 Å². The van der Waals surface area contributed by atoms with E-state index < -0.39 is 5.97 Å². The maximum atomic E-state index is 12.1. The molecule has 2 rings (SSSR count). The number of ether oxygens (including phenoxy) is 2. The molecule has 144 valence electrons. The van der Waals surface area contributed by atoms with Crippen LogP contribution >= 0.6 is 23.1 Å². The summed E-state index contributed by atoms with van der Waals surface area (Å²) in [7, 11) is 0. The van der Waals surface area contributed by atoms with Crippen molar-refractivity contribution in [1.82, 2.24) is 4.98 Å². The number of thioether (sulfide) groups is 1. The third-order valence-electron chi connectivity index (χ3n) is 3.17. The summed E-state index contributed by atoms with van der Waals surface area (Å²) in [6.45, 7) is 4.15. The van der Waals surface area contributed by atoms with Crippen molar-refractivity contribution >= 4 is 46.6 Å². The van der Waals surface area contributed by atoms with Crippen LogP contribution in [0.25, 0.3) is 0 Å². The molecule has 27 heavy (non-hydrogen) atoms. The first-order valence-electron chi connectivity index (χ1n) is 8.31. The molecule has 0 bridgehead atoms. The van der Waals surface area contributed by atoms with E-state index in [0.717, 1.165) is 0 Å². The number of thiazole rings is 1. The van der Waals surface area contributed by atoms with Crippen molar-refractivity contribution in [1.29, 1.82) is 0 Å². The van der Waals surface area contributed by atoms with Crippen LogP contribution in [0.2, 0.25) is 0 Å². The van der Waals surface area contributed by atoms with Crippen molar-refractivity contribution in [2.45, 2.75) is 24.6 Å². The number of carbonyl (C=O) groups is 3. The molecule has 0 spiro atoms. The Balaban J connectivity index is 1.80. The van der Waals surface area contributed by atoms with Crippen LogP contribution in [-0.2, 0) is 25.5 Å². The van der Waals surface area contributed by atoms with Crippen molar-refractivity contribution in [2.24, 2.45) is 0 Å². The Morgan fingerprint density at radius 3 is 2.48 bits per heavy atom. The molecule has 9 heteroatoms. The van der Waals surface area contributed by atoms with E-state index in [-0.39, 0.29) is 24.1 Å². The van der Waals surface area contributed by atoms with Gasteiger partial charge in [0.15, 0.2) is 4.34 Å². The van der Waals surface area contributed by atoms with Gasteiger partial charge in [-0.1, -0.05) is 11.8 Å². The molecule has 1 aromatic carbocycles. The van der Waals surface area contributed by atoms with Crippen LogP contribution in [0.15, 0.2) is 34.0 Å². The summed E-state index contributed by atoms with van der Waals surface area (Å²) in [6.07, 6.45) is 0.129. The Kier molecular flexibility index (Phi) is 8.28. The molecule has 0 aliphatic heterocycles. The van der Waals surface area contributed by atoms with E-state index >= 15 is 0 Å². The molecule has 7 nitrogen and oxygen atoms in total. The highest BCUT2D eigenvalue weighted by molar-refractivity contribution is 8.01. The SMILES string of the molecule is CCOC(=O)Cc1csc(SCC(=O)Nc2ccc(C(=O)OCC)cc2)n1. The number of nitrogens with zero attached hydrogens (tertiary/aromatic N) is 1. The quantitative estimate of drug-likeness (QED) is 0.503. The first-order chi connectivity index (χ1) is 13.0. The molecule has 0 radical (unpaired) electrons. The number of carbonyl (C=O) groups excluding carboxylic acids is 3. The van der Waals surface area contributed by atoms with E-state index in [1.54, 1.807) is 43.5 Å². The van der Waals surface area contributed by atoms with E-state index in [4.69, 9.17) is 9.47 Å². The fourth-order valence-corrected chi connectivity index (χ4v) is 3.67. The van der Waals surface area contributed by atoms with E-state index in [2.05, 4.69) is 10.3 Å². The molecule has 0 aliphatic rings. The number of anilines is 1. The third-order valence-corrected chi connectivity index (χ3v) is 5.24. The fourth-order valence-electron chi connectivity index (χ4n) is 2.02. The van der Waals surface area contributed by atoms with Crippen LogP contribution in [0.3, 0.4) is 0 Å². The molecule has 0 fully saturated rings. The summed E-state index contributed by atoms with van der Waals surface area (Å²) in [4.78, 5) is 39.4. The highest BCUT2D eigenvalue weighted by Crippen LogP contribution is 2.23. The normalized spacial score (nSPS) is 10.3. The average Bonchev–Trinajstić information content (AvgIpc) is 3.08. The topological polar surface area (TPSA) is 94.6 Å². The third kappa shape index (κ3) is 7.03. The second kappa shape index (κ2) is 10.7. The Hall–Kier alpha value is -2.39. The maximum absolute atomic E-state index is 12.1. The molecule has 0 saturated heterocycles. The first-order valence-corrected chi connectivity index (χ1v) is 10.2. The first kappa shape index (κ1) is 20.9. The zero-order valence-electron chi connectivity index (χ0n) is 15.0. The lowest BCUT2D eigenvalue weighted by Gasteiger charge is -2.06. The van der Waals surface area contributed by atoms with Gasteiger partial charge in [0.2, 0.25) is 5.91 Å². The molecule has 0 unspecified atom stereocenters. The average molecular weight is 409 g/mol. The van der Waals surface area contributed by atoms with Crippen molar-refractivity contribution in [3.8, 4) is 0 Å². The standard InChI is InChI=1S/C18H20N2O5S2/c1-3-24-16(22)9-14-10-26-18(20-14)27-11-15(21)19-13-7-5-12(6-8-13)17(23)25-4-2/h5-8,10H,3-4,9,11H2,1-2H3,(H,19,21). The lowest BCUT2D eigenvalue weighted by Crippen LogP contribution is -2.14. The fraction of sp³-hybridized carbons (Fsp3) is 0.333. The van der Waals surface area contributed by atoms with Gasteiger partial charge in [0, 0.05) is 11.1 Å². The lowest BCUT2D eigenvalue weighted by molar-refractivity contribution is -0.142. The number of nitrogens with one attached hydrogen (secondary N) is 1. The Labute approximate surface area is 165 Å². The van der Waals surface area contributed by atoms with Crippen LogP contribution in [0.5, 0.6) is 0 Å². The molecule has 0 aliphatic carbocycles. The maximum Gasteiger partial charge on any atom is 0.338 e. The zero-order valence-corrected chi connectivity index (χ0v) is 16.7. The monoisotopic (exact) mass is 408 g/mol. The van der Waals surface area contributed by atoms with Gasteiger partial charge in [0.1, 0.15) is 0 Å². The van der Waals surface area contributed by atoms with Gasteiger partial charge in [0.25, 0.3) is 0 Å². The number of benzene rings is 1. The van der Waals surface area contributed by atoms with Gasteiger partial charge < -0.3 is 14.8 Å². The predicted molar refractivity (Wildman–Crippen MR) is 104 cm³/mol. The molecule has 1 N–H and O–H groups in total. The number of aromatic nitrogens is 1. The molecule has 2 aromatic rings. The van der Waals surface area contributed by atoms with Gasteiger partial charge in [-0.2, -0.15) is 0 Å². The summed E-state index contributed by atoms with van der Waals surface area (Å²) in [5.74, 6) is -0.714. The Morgan fingerprint density at radius 2 is 1.81 bits per heavy atom. The van der Waals surface area contributed by atoms with Crippen molar-refractivity contribution in [2.75, 3.05) is 24.3 Å². The van der Waals surface area contributed by atoms with Crippen LogP contribution in [0.1, 0.15) is 29.9 Å². The van der Waals surface area contributed by atoms with E-state index in [1.807, 2.05) is 0 Å². The number of amides is 1. The van der Waals surface area contributed by atoms with E-state index in [9.17, 15) is 14.4 Å².